The van der Waals surface area contributed by atoms with Gasteiger partial charge in [0.05, 0.1) is 6.10 Å². The second kappa shape index (κ2) is 4.58. The van der Waals surface area contributed by atoms with Crippen molar-refractivity contribution in [3.05, 3.63) is 34.4 Å². The minimum atomic E-state index is -0.417. The van der Waals surface area contributed by atoms with Crippen LogP contribution >= 0.6 is 0 Å². The van der Waals surface area contributed by atoms with Crippen LogP contribution in [0.5, 0.6) is 0 Å². The number of nitrogens with two attached hydrogens (primary N) is 1. The summed E-state index contributed by atoms with van der Waals surface area (Å²) >= 11 is 0. The number of aliphatic hydroxyl groups is 1. The van der Waals surface area contributed by atoms with E-state index < -0.39 is 6.10 Å². The summed E-state index contributed by atoms with van der Waals surface area (Å²) in [5.74, 6) is 0. The number of rotatable bonds is 3. The smallest absolute Gasteiger partial charge is 0.0804 e. The van der Waals surface area contributed by atoms with Gasteiger partial charge in [-0.05, 0) is 56.0 Å². The van der Waals surface area contributed by atoms with Crippen molar-refractivity contribution in [2.75, 3.05) is 6.54 Å². The van der Waals surface area contributed by atoms with Gasteiger partial charge in [-0.3, -0.25) is 0 Å². The Labute approximate surface area is 85.8 Å². The molecule has 2 nitrogen and oxygen atoms in total. The monoisotopic (exact) mass is 193 g/mol. The third kappa shape index (κ3) is 2.34. The third-order valence-corrected chi connectivity index (χ3v) is 2.68. The van der Waals surface area contributed by atoms with Crippen molar-refractivity contribution in [1.82, 2.24) is 0 Å². The summed E-state index contributed by atoms with van der Waals surface area (Å²) in [5.41, 5.74) is 10.1. The minimum Gasteiger partial charge on any atom is -0.388 e. The lowest BCUT2D eigenvalue weighted by molar-refractivity contribution is 0.169. The van der Waals surface area contributed by atoms with Gasteiger partial charge in [-0.2, -0.15) is 0 Å². The number of aliphatic hydroxyl groups excluding tert-OH is 1. The molecule has 0 unspecified atom stereocenters. The van der Waals surface area contributed by atoms with Gasteiger partial charge in [-0.25, -0.2) is 0 Å². The topological polar surface area (TPSA) is 46.2 Å². The Hall–Kier alpha value is -0.860. The minimum absolute atomic E-state index is 0.417. The van der Waals surface area contributed by atoms with Crippen molar-refractivity contribution >= 4 is 0 Å². The molecule has 1 rings (SSSR count). The van der Waals surface area contributed by atoms with E-state index in [0.717, 1.165) is 11.1 Å². The number of hydrogen-bond acceptors (Lipinski definition) is 2. The van der Waals surface area contributed by atoms with Crippen LogP contribution in [0.1, 0.15) is 34.8 Å². The molecule has 1 aromatic carbocycles. The van der Waals surface area contributed by atoms with Gasteiger partial charge in [-0.15, -0.1) is 0 Å². The highest BCUT2D eigenvalue weighted by atomic mass is 16.3. The van der Waals surface area contributed by atoms with Crippen LogP contribution in [0.25, 0.3) is 0 Å². The zero-order valence-electron chi connectivity index (χ0n) is 9.17. The first-order valence-corrected chi connectivity index (χ1v) is 5.02. The summed E-state index contributed by atoms with van der Waals surface area (Å²) in [6.45, 7) is 6.70. The Bertz CT molecular complexity index is 320. The van der Waals surface area contributed by atoms with E-state index in [1.807, 2.05) is 6.92 Å². The lowest BCUT2D eigenvalue weighted by Gasteiger charge is -2.15. The average molecular weight is 193 g/mol. The van der Waals surface area contributed by atoms with Crippen molar-refractivity contribution in [2.24, 2.45) is 5.73 Å². The molecule has 0 fully saturated rings. The van der Waals surface area contributed by atoms with Gasteiger partial charge in [-0.1, -0.05) is 12.1 Å². The normalized spacial score (nSPS) is 12.9. The van der Waals surface area contributed by atoms with Gasteiger partial charge in [0.1, 0.15) is 0 Å². The van der Waals surface area contributed by atoms with E-state index in [2.05, 4.69) is 26.0 Å². The molecule has 0 spiro atoms. The molecular formula is C12H19NO. The summed E-state index contributed by atoms with van der Waals surface area (Å²) in [7, 11) is 0. The molecule has 1 atom stereocenters. The number of hydrogen-bond donors (Lipinski definition) is 2. The predicted molar refractivity (Wildman–Crippen MR) is 59.3 cm³/mol. The molecule has 3 N–H and O–H groups in total. The Morgan fingerprint density at radius 2 is 1.71 bits per heavy atom. The fraction of sp³-hybridized carbons (Fsp3) is 0.500. The van der Waals surface area contributed by atoms with Crippen LogP contribution in [0.3, 0.4) is 0 Å². The lowest BCUT2D eigenvalue weighted by atomic mass is 9.96. The highest BCUT2D eigenvalue weighted by Crippen LogP contribution is 2.23. The molecular weight excluding hydrogens is 174 g/mol. The van der Waals surface area contributed by atoms with Crippen LogP contribution < -0.4 is 5.73 Å². The quantitative estimate of drug-likeness (QED) is 0.771. The van der Waals surface area contributed by atoms with E-state index >= 15 is 0 Å². The molecule has 78 valence electrons. The fourth-order valence-electron chi connectivity index (χ4n) is 1.66. The Morgan fingerprint density at radius 1 is 1.14 bits per heavy atom. The summed E-state index contributed by atoms with van der Waals surface area (Å²) in [4.78, 5) is 0. The standard InChI is InChI=1S/C12H19NO/c1-8-6-10(3)11(7-9(8)2)12(14)4-5-13/h6-7,12,14H,4-5,13H2,1-3H3/t12-/m1/s1. The molecule has 14 heavy (non-hydrogen) atoms. The van der Waals surface area contributed by atoms with Gasteiger partial charge in [0.2, 0.25) is 0 Å². The van der Waals surface area contributed by atoms with Crippen LogP contribution in [-0.2, 0) is 0 Å². The molecule has 0 aliphatic carbocycles. The van der Waals surface area contributed by atoms with Crippen LogP contribution in [0.15, 0.2) is 12.1 Å². The molecule has 2 heteroatoms. The summed E-state index contributed by atoms with van der Waals surface area (Å²) in [6, 6.07) is 4.18. The second-order valence-corrected chi connectivity index (χ2v) is 3.89. The molecule has 0 heterocycles. The Balaban J connectivity index is 3.02. The van der Waals surface area contributed by atoms with E-state index in [1.54, 1.807) is 0 Å². The number of aryl methyl sites for hydroxylation is 3. The Morgan fingerprint density at radius 3 is 2.29 bits per heavy atom. The van der Waals surface area contributed by atoms with Gasteiger partial charge in [0, 0.05) is 0 Å². The van der Waals surface area contributed by atoms with E-state index in [4.69, 9.17) is 5.73 Å². The zero-order valence-corrected chi connectivity index (χ0v) is 9.17. The van der Waals surface area contributed by atoms with Gasteiger partial charge in [0.25, 0.3) is 0 Å². The van der Waals surface area contributed by atoms with E-state index in [9.17, 15) is 5.11 Å². The maximum Gasteiger partial charge on any atom is 0.0804 e. The first-order chi connectivity index (χ1) is 6.56. The van der Waals surface area contributed by atoms with Gasteiger partial charge < -0.3 is 10.8 Å². The highest BCUT2D eigenvalue weighted by molar-refractivity contribution is 5.37. The predicted octanol–water partition coefficient (Wildman–Crippen LogP) is 1.99. The highest BCUT2D eigenvalue weighted by Gasteiger charge is 2.10. The van der Waals surface area contributed by atoms with Gasteiger partial charge >= 0.3 is 0 Å². The molecule has 0 aromatic heterocycles. The van der Waals surface area contributed by atoms with E-state index in [1.165, 1.54) is 11.1 Å². The molecule has 0 saturated heterocycles. The van der Waals surface area contributed by atoms with Crippen molar-refractivity contribution < 1.29 is 5.11 Å². The second-order valence-electron chi connectivity index (χ2n) is 3.89. The third-order valence-electron chi connectivity index (χ3n) is 2.68. The maximum atomic E-state index is 9.84. The fourth-order valence-corrected chi connectivity index (χ4v) is 1.66. The van der Waals surface area contributed by atoms with Crippen molar-refractivity contribution in [3.8, 4) is 0 Å². The molecule has 0 amide bonds. The van der Waals surface area contributed by atoms with Crippen molar-refractivity contribution in [1.29, 1.82) is 0 Å². The van der Waals surface area contributed by atoms with Crippen LogP contribution in [0, 0.1) is 20.8 Å². The lowest BCUT2D eigenvalue weighted by Crippen LogP contribution is -2.08. The maximum absolute atomic E-state index is 9.84. The average Bonchev–Trinajstić information content (AvgIpc) is 2.11. The first kappa shape index (κ1) is 11.2. The molecule has 0 bridgehead atoms. The molecule has 0 radical (unpaired) electrons. The zero-order chi connectivity index (χ0) is 10.7. The van der Waals surface area contributed by atoms with E-state index in [-0.39, 0.29) is 0 Å². The molecule has 0 saturated carbocycles. The van der Waals surface area contributed by atoms with Crippen LogP contribution in [0.2, 0.25) is 0 Å². The first-order valence-electron chi connectivity index (χ1n) is 5.02. The van der Waals surface area contributed by atoms with Crippen molar-refractivity contribution in [2.45, 2.75) is 33.3 Å². The van der Waals surface area contributed by atoms with Crippen LogP contribution in [-0.4, -0.2) is 11.7 Å². The van der Waals surface area contributed by atoms with Gasteiger partial charge in [0.15, 0.2) is 0 Å². The molecule has 0 aliphatic rings. The van der Waals surface area contributed by atoms with Crippen LogP contribution in [0.4, 0.5) is 0 Å². The largest absolute Gasteiger partial charge is 0.388 e. The summed E-state index contributed by atoms with van der Waals surface area (Å²) in [6.07, 6.45) is 0.211. The summed E-state index contributed by atoms with van der Waals surface area (Å²) in [5, 5.41) is 9.84. The molecule has 0 aliphatic heterocycles. The Kier molecular flexibility index (Phi) is 3.67. The number of benzene rings is 1. The van der Waals surface area contributed by atoms with Crippen molar-refractivity contribution in [3.63, 3.8) is 0 Å². The summed E-state index contributed by atoms with van der Waals surface area (Å²) < 4.78 is 0. The van der Waals surface area contributed by atoms with E-state index in [0.29, 0.717) is 13.0 Å². The SMILES string of the molecule is Cc1cc(C)c([C@H](O)CCN)cc1C. The molecule has 1 aromatic rings.